The summed E-state index contributed by atoms with van der Waals surface area (Å²) in [6.45, 7) is 2.10. The molecular formula is C19H13Cl2N3S. The van der Waals surface area contributed by atoms with Crippen molar-refractivity contribution >= 4 is 56.3 Å². The third-order valence-electron chi connectivity index (χ3n) is 3.91. The Balaban J connectivity index is 1.92. The molecule has 0 aliphatic rings. The summed E-state index contributed by atoms with van der Waals surface area (Å²) < 4.78 is 0. The molecule has 0 radical (unpaired) electrons. The van der Waals surface area contributed by atoms with Crippen LogP contribution in [-0.4, -0.2) is 9.97 Å². The summed E-state index contributed by atoms with van der Waals surface area (Å²) in [6, 6.07) is 15.6. The predicted octanol–water partition coefficient (Wildman–Crippen LogP) is 6.72. The Morgan fingerprint density at radius 2 is 1.80 bits per heavy atom. The minimum absolute atomic E-state index is 0.587. The first-order valence-corrected chi connectivity index (χ1v) is 9.22. The first-order valence-electron chi connectivity index (χ1n) is 7.65. The van der Waals surface area contributed by atoms with Gasteiger partial charge in [0.25, 0.3) is 0 Å². The number of hydrogen-bond acceptors (Lipinski definition) is 4. The summed E-state index contributed by atoms with van der Waals surface area (Å²) >= 11 is 14.1. The molecule has 0 aliphatic heterocycles. The highest BCUT2D eigenvalue weighted by Gasteiger charge is 2.17. The maximum Gasteiger partial charge on any atom is 0.143 e. The van der Waals surface area contributed by atoms with Gasteiger partial charge in [0, 0.05) is 15.5 Å². The molecule has 0 spiro atoms. The minimum Gasteiger partial charge on any atom is -0.338 e. The summed E-state index contributed by atoms with van der Waals surface area (Å²) in [5.74, 6) is 0.720. The maximum absolute atomic E-state index is 6.30. The van der Waals surface area contributed by atoms with Gasteiger partial charge in [-0.2, -0.15) is 0 Å². The highest BCUT2D eigenvalue weighted by Crippen LogP contribution is 2.41. The molecule has 0 unspecified atom stereocenters. The molecule has 3 nitrogen and oxygen atoms in total. The van der Waals surface area contributed by atoms with Crippen molar-refractivity contribution in [1.82, 2.24) is 9.97 Å². The standard InChI is InChI=1S/C19H13Cl2N3S/c1-11-16(12-5-3-2-4-6-12)17-18(22-10-23-19(17)25-11)24-15-9-13(20)7-8-14(15)21/h2-10H,1H3,(H,22,23,24). The lowest BCUT2D eigenvalue weighted by Crippen LogP contribution is -1.96. The van der Waals surface area contributed by atoms with E-state index >= 15 is 0 Å². The van der Waals surface area contributed by atoms with Gasteiger partial charge in [-0.15, -0.1) is 11.3 Å². The summed E-state index contributed by atoms with van der Waals surface area (Å²) in [6.07, 6.45) is 1.56. The van der Waals surface area contributed by atoms with Crippen molar-refractivity contribution in [2.75, 3.05) is 5.32 Å². The quantitative estimate of drug-likeness (QED) is 0.425. The topological polar surface area (TPSA) is 37.8 Å². The Morgan fingerprint density at radius 1 is 1.00 bits per heavy atom. The van der Waals surface area contributed by atoms with Crippen molar-refractivity contribution in [1.29, 1.82) is 0 Å². The van der Waals surface area contributed by atoms with Gasteiger partial charge in [0.2, 0.25) is 0 Å². The van der Waals surface area contributed by atoms with Gasteiger partial charge in [-0.1, -0.05) is 53.5 Å². The molecule has 0 fully saturated rings. The Morgan fingerprint density at radius 3 is 2.60 bits per heavy atom. The summed E-state index contributed by atoms with van der Waals surface area (Å²) in [5.41, 5.74) is 3.00. The number of rotatable bonds is 3. The molecule has 25 heavy (non-hydrogen) atoms. The van der Waals surface area contributed by atoms with Crippen LogP contribution in [0.1, 0.15) is 4.88 Å². The van der Waals surface area contributed by atoms with Crippen molar-refractivity contribution in [3.63, 3.8) is 0 Å². The van der Waals surface area contributed by atoms with Crippen LogP contribution in [0.25, 0.3) is 21.3 Å². The number of aryl methyl sites for hydroxylation is 1. The van der Waals surface area contributed by atoms with Crippen LogP contribution in [0.5, 0.6) is 0 Å². The van der Waals surface area contributed by atoms with Crippen LogP contribution in [0.15, 0.2) is 54.9 Å². The van der Waals surface area contributed by atoms with Crippen LogP contribution >= 0.6 is 34.5 Å². The molecular weight excluding hydrogens is 373 g/mol. The first-order chi connectivity index (χ1) is 12.1. The lowest BCUT2D eigenvalue weighted by Gasteiger charge is -2.10. The number of thiophene rings is 1. The van der Waals surface area contributed by atoms with E-state index in [1.165, 1.54) is 4.88 Å². The summed E-state index contributed by atoms with van der Waals surface area (Å²) in [5, 5.41) is 5.51. The molecule has 0 amide bonds. The normalized spacial score (nSPS) is 11.0. The molecule has 0 bridgehead atoms. The lowest BCUT2D eigenvalue weighted by atomic mass is 10.0. The number of nitrogens with one attached hydrogen (secondary N) is 1. The fourth-order valence-electron chi connectivity index (χ4n) is 2.81. The van der Waals surface area contributed by atoms with Gasteiger partial charge in [0.1, 0.15) is 17.0 Å². The highest BCUT2D eigenvalue weighted by molar-refractivity contribution is 7.19. The maximum atomic E-state index is 6.30. The number of anilines is 2. The third kappa shape index (κ3) is 3.09. The van der Waals surface area contributed by atoms with E-state index in [2.05, 4.69) is 34.3 Å². The predicted molar refractivity (Wildman–Crippen MR) is 107 cm³/mol. The van der Waals surface area contributed by atoms with Gasteiger partial charge in [0.05, 0.1) is 16.1 Å². The monoisotopic (exact) mass is 385 g/mol. The molecule has 124 valence electrons. The number of fused-ring (bicyclic) bond motifs is 1. The van der Waals surface area contributed by atoms with Crippen molar-refractivity contribution in [2.24, 2.45) is 0 Å². The second-order valence-electron chi connectivity index (χ2n) is 5.55. The Hall–Kier alpha value is -2.14. The van der Waals surface area contributed by atoms with Crippen LogP contribution in [0.2, 0.25) is 10.0 Å². The zero-order chi connectivity index (χ0) is 17.4. The third-order valence-corrected chi connectivity index (χ3v) is 5.49. The Bertz CT molecular complexity index is 1060. The van der Waals surface area contributed by atoms with Gasteiger partial charge in [0.15, 0.2) is 0 Å². The summed E-state index contributed by atoms with van der Waals surface area (Å²) in [7, 11) is 0. The van der Waals surface area contributed by atoms with E-state index in [0.717, 1.165) is 32.8 Å². The van der Waals surface area contributed by atoms with E-state index in [0.29, 0.717) is 10.0 Å². The van der Waals surface area contributed by atoms with E-state index < -0.39 is 0 Å². The molecule has 0 saturated carbocycles. The van der Waals surface area contributed by atoms with Crippen LogP contribution in [-0.2, 0) is 0 Å². The van der Waals surface area contributed by atoms with Crippen LogP contribution in [0.4, 0.5) is 11.5 Å². The molecule has 0 aliphatic carbocycles. The number of aromatic nitrogens is 2. The average molecular weight is 386 g/mol. The van der Waals surface area contributed by atoms with Gasteiger partial charge in [-0.25, -0.2) is 9.97 Å². The van der Waals surface area contributed by atoms with E-state index in [1.54, 1.807) is 35.9 Å². The number of hydrogen-bond donors (Lipinski definition) is 1. The SMILES string of the molecule is Cc1sc2ncnc(Nc3cc(Cl)ccc3Cl)c2c1-c1ccccc1. The first kappa shape index (κ1) is 16.3. The van der Waals surface area contributed by atoms with E-state index in [-0.39, 0.29) is 0 Å². The Kier molecular flexibility index (Phi) is 4.34. The molecule has 0 saturated heterocycles. The second kappa shape index (κ2) is 6.64. The smallest absolute Gasteiger partial charge is 0.143 e. The number of halogens is 2. The van der Waals surface area contributed by atoms with E-state index in [1.807, 2.05) is 18.2 Å². The van der Waals surface area contributed by atoms with Crippen molar-refractivity contribution in [3.8, 4) is 11.1 Å². The van der Waals surface area contributed by atoms with Crippen molar-refractivity contribution < 1.29 is 0 Å². The average Bonchev–Trinajstić information content (AvgIpc) is 2.96. The lowest BCUT2D eigenvalue weighted by molar-refractivity contribution is 1.23. The minimum atomic E-state index is 0.587. The van der Waals surface area contributed by atoms with Gasteiger partial charge in [-0.05, 0) is 30.7 Å². The molecule has 2 aromatic carbocycles. The highest BCUT2D eigenvalue weighted by atomic mass is 35.5. The molecule has 2 heterocycles. The van der Waals surface area contributed by atoms with Crippen molar-refractivity contribution in [3.05, 3.63) is 69.8 Å². The zero-order valence-electron chi connectivity index (χ0n) is 13.3. The molecule has 2 aromatic heterocycles. The Labute approximate surface area is 159 Å². The van der Waals surface area contributed by atoms with Gasteiger partial charge < -0.3 is 5.32 Å². The molecule has 1 N–H and O–H groups in total. The number of nitrogens with zero attached hydrogens (tertiary/aromatic N) is 2. The second-order valence-corrected chi connectivity index (χ2v) is 7.60. The zero-order valence-corrected chi connectivity index (χ0v) is 15.6. The van der Waals surface area contributed by atoms with Crippen LogP contribution < -0.4 is 5.32 Å². The molecule has 4 rings (SSSR count). The number of benzene rings is 2. The van der Waals surface area contributed by atoms with E-state index in [4.69, 9.17) is 23.2 Å². The summed E-state index contributed by atoms with van der Waals surface area (Å²) in [4.78, 5) is 11.0. The fraction of sp³-hybridized carbons (Fsp3) is 0.0526. The van der Waals surface area contributed by atoms with E-state index in [9.17, 15) is 0 Å². The fourth-order valence-corrected chi connectivity index (χ4v) is 4.16. The molecule has 6 heteroatoms. The molecule has 0 atom stereocenters. The van der Waals surface area contributed by atoms with Crippen LogP contribution in [0.3, 0.4) is 0 Å². The van der Waals surface area contributed by atoms with Gasteiger partial charge >= 0.3 is 0 Å². The molecule has 4 aromatic rings. The van der Waals surface area contributed by atoms with Crippen LogP contribution in [0, 0.1) is 6.92 Å². The largest absolute Gasteiger partial charge is 0.338 e. The van der Waals surface area contributed by atoms with Gasteiger partial charge in [-0.3, -0.25) is 0 Å². The van der Waals surface area contributed by atoms with Crippen molar-refractivity contribution in [2.45, 2.75) is 6.92 Å².